The van der Waals surface area contributed by atoms with E-state index in [1.54, 1.807) is 0 Å². The molecule has 1 heterocycles. The number of nitriles is 1. The third kappa shape index (κ3) is 6.65. The number of esters is 1. The monoisotopic (exact) mass is 575 g/mol. The SMILES string of the molecule is COC(=O)CCCCCCNC(=O)c1ccc(N2C(=N)N(c3ccc(C#N)c(C(F)(F)F)c3)C(=O)C2(C)C)cc1F. The molecule has 0 atom stereocenters. The molecule has 0 aromatic heterocycles. The molecule has 218 valence electrons. The van der Waals surface area contributed by atoms with Crippen LogP contribution in [0.15, 0.2) is 36.4 Å². The van der Waals surface area contributed by atoms with Crippen molar-refractivity contribution in [2.24, 2.45) is 0 Å². The molecule has 0 radical (unpaired) electrons. The predicted molar refractivity (Wildman–Crippen MR) is 142 cm³/mol. The number of carbonyl (C=O) groups excluding carboxylic acids is 3. The van der Waals surface area contributed by atoms with Crippen LogP contribution in [0, 0.1) is 22.6 Å². The Morgan fingerprint density at radius 1 is 1.07 bits per heavy atom. The van der Waals surface area contributed by atoms with Crippen LogP contribution in [0.2, 0.25) is 0 Å². The minimum Gasteiger partial charge on any atom is -0.469 e. The Kier molecular flexibility index (Phi) is 9.37. The molecule has 2 amide bonds. The Bertz CT molecular complexity index is 1400. The van der Waals surface area contributed by atoms with Gasteiger partial charge in [-0.1, -0.05) is 12.8 Å². The van der Waals surface area contributed by atoms with Crippen LogP contribution in [0.5, 0.6) is 0 Å². The van der Waals surface area contributed by atoms with Crippen LogP contribution < -0.4 is 15.1 Å². The Morgan fingerprint density at radius 3 is 2.34 bits per heavy atom. The van der Waals surface area contributed by atoms with E-state index >= 15 is 4.39 Å². The van der Waals surface area contributed by atoms with Crippen LogP contribution in [-0.4, -0.2) is 42.9 Å². The van der Waals surface area contributed by atoms with Gasteiger partial charge in [0, 0.05) is 18.7 Å². The van der Waals surface area contributed by atoms with Gasteiger partial charge in [-0.2, -0.15) is 18.4 Å². The van der Waals surface area contributed by atoms with Gasteiger partial charge < -0.3 is 10.1 Å². The van der Waals surface area contributed by atoms with Crippen molar-refractivity contribution in [1.82, 2.24) is 5.32 Å². The van der Waals surface area contributed by atoms with Gasteiger partial charge in [-0.25, -0.2) is 9.29 Å². The molecule has 1 aliphatic heterocycles. The lowest BCUT2D eigenvalue weighted by Crippen LogP contribution is -2.44. The average molecular weight is 576 g/mol. The van der Waals surface area contributed by atoms with Crippen LogP contribution in [0.3, 0.4) is 0 Å². The predicted octanol–water partition coefficient (Wildman–Crippen LogP) is 5.14. The van der Waals surface area contributed by atoms with E-state index in [1.165, 1.54) is 39.2 Å². The van der Waals surface area contributed by atoms with Gasteiger partial charge in [0.25, 0.3) is 11.8 Å². The van der Waals surface area contributed by atoms with E-state index in [9.17, 15) is 27.6 Å². The van der Waals surface area contributed by atoms with Gasteiger partial charge >= 0.3 is 12.1 Å². The van der Waals surface area contributed by atoms with Gasteiger partial charge in [0.05, 0.1) is 35.6 Å². The Hall–Kier alpha value is -4.47. The van der Waals surface area contributed by atoms with E-state index in [1.807, 2.05) is 0 Å². The molecule has 2 N–H and O–H groups in total. The number of amides is 2. The maximum atomic E-state index is 15.0. The van der Waals surface area contributed by atoms with E-state index in [0.717, 1.165) is 40.8 Å². The fourth-order valence-electron chi connectivity index (χ4n) is 4.49. The van der Waals surface area contributed by atoms with Crippen molar-refractivity contribution in [3.63, 3.8) is 0 Å². The molecule has 3 rings (SSSR count). The fourth-order valence-corrected chi connectivity index (χ4v) is 4.49. The smallest absolute Gasteiger partial charge is 0.417 e. The number of hydrogen-bond acceptors (Lipinski definition) is 6. The van der Waals surface area contributed by atoms with Gasteiger partial charge in [-0.05, 0) is 63.1 Å². The molecule has 0 unspecified atom stereocenters. The van der Waals surface area contributed by atoms with Crippen LogP contribution in [0.1, 0.15) is 67.4 Å². The molecule has 41 heavy (non-hydrogen) atoms. The first-order valence-electron chi connectivity index (χ1n) is 12.7. The number of guanidine groups is 1. The highest BCUT2D eigenvalue weighted by atomic mass is 19.4. The van der Waals surface area contributed by atoms with Gasteiger partial charge in [0.2, 0.25) is 5.96 Å². The van der Waals surface area contributed by atoms with E-state index in [-0.39, 0.29) is 29.5 Å². The van der Waals surface area contributed by atoms with Crippen LogP contribution in [-0.2, 0) is 20.5 Å². The maximum Gasteiger partial charge on any atom is 0.417 e. The number of nitrogens with one attached hydrogen (secondary N) is 2. The Labute approximate surface area is 234 Å². The van der Waals surface area contributed by atoms with E-state index in [0.29, 0.717) is 25.3 Å². The zero-order chi connectivity index (χ0) is 30.5. The third-order valence-electron chi connectivity index (χ3n) is 6.67. The zero-order valence-electron chi connectivity index (χ0n) is 22.7. The summed E-state index contributed by atoms with van der Waals surface area (Å²) in [6.45, 7) is 3.15. The number of methoxy groups -OCH3 is 1. The van der Waals surface area contributed by atoms with Gasteiger partial charge in [0.15, 0.2) is 0 Å². The second kappa shape index (κ2) is 12.4. The third-order valence-corrected chi connectivity index (χ3v) is 6.67. The number of nitrogens with zero attached hydrogens (tertiary/aromatic N) is 3. The summed E-state index contributed by atoms with van der Waals surface area (Å²) in [6, 6.07) is 7.67. The highest BCUT2D eigenvalue weighted by Gasteiger charge is 2.51. The van der Waals surface area contributed by atoms with Crippen molar-refractivity contribution in [3.8, 4) is 6.07 Å². The fraction of sp³-hybridized carbons (Fsp3) is 0.393. The second-order valence-electron chi connectivity index (χ2n) is 9.86. The Morgan fingerprint density at radius 2 is 1.73 bits per heavy atom. The summed E-state index contributed by atoms with van der Waals surface area (Å²) in [7, 11) is 1.32. The quantitative estimate of drug-likeness (QED) is 0.230. The average Bonchev–Trinajstić information content (AvgIpc) is 3.09. The summed E-state index contributed by atoms with van der Waals surface area (Å²) in [4.78, 5) is 38.8. The number of halogens is 4. The largest absolute Gasteiger partial charge is 0.469 e. The molecule has 13 heteroatoms. The van der Waals surface area contributed by atoms with Gasteiger partial charge in [-0.3, -0.25) is 24.7 Å². The second-order valence-corrected chi connectivity index (χ2v) is 9.86. The van der Waals surface area contributed by atoms with Crippen LogP contribution in [0.25, 0.3) is 0 Å². The molecular weight excluding hydrogens is 546 g/mol. The van der Waals surface area contributed by atoms with Crippen LogP contribution >= 0.6 is 0 Å². The first kappa shape index (κ1) is 31.1. The van der Waals surface area contributed by atoms with Gasteiger partial charge in [0.1, 0.15) is 11.4 Å². The van der Waals surface area contributed by atoms with Gasteiger partial charge in [-0.15, -0.1) is 0 Å². The molecule has 2 aromatic rings. The topological polar surface area (TPSA) is 127 Å². The summed E-state index contributed by atoms with van der Waals surface area (Å²) in [5.41, 5.74) is -3.87. The number of unbranched alkanes of at least 4 members (excludes halogenated alkanes) is 3. The lowest BCUT2D eigenvalue weighted by Gasteiger charge is -2.29. The molecule has 0 saturated carbocycles. The molecule has 0 aliphatic carbocycles. The molecule has 1 fully saturated rings. The lowest BCUT2D eigenvalue weighted by molar-refractivity contribution is -0.141. The number of rotatable bonds is 10. The molecule has 0 spiro atoms. The summed E-state index contributed by atoms with van der Waals surface area (Å²) in [5.74, 6) is -3.12. The zero-order valence-corrected chi connectivity index (χ0v) is 22.7. The maximum absolute atomic E-state index is 15.0. The normalized spacial score (nSPS) is 14.7. The van der Waals surface area contributed by atoms with E-state index in [2.05, 4.69) is 10.1 Å². The van der Waals surface area contributed by atoms with E-state index in [4.69, 9.17) is 10.7 Å². The first-order chi connectivity index (χ1) is 19.2. The van der Waals surface area contributed by atoms with Crippen molar-refractivity contribution in [2.45, 2.75) is 57.7 Å². The summed E-state index contributed by atoms with van der Waals surface area (Å²) < 4.78 is 60.2. The van der Waals surface area contributed by atoms with Crippen molar-refractivity contribution < 1.29 is 36.7 Å². The highest BCUT2D eigenvalue weighted by molar-refractivity contribution is 6.31. The minimum absolute atomic E-state index is 0.0418. The number of anilines is 2. The number of hydrogen-bond donors (Lipinski definition) is 2. The molecule has 2 aromatic carbocycles. The van der Waals surface area contributed by atoms with Crippen molar-refractivity contribution in [2.75, 3.05) is 23.5 Å². The summed E-state index contributed by atoms with van der Waals surface area (Å²) >= 11 is 0. The summed E-state index contributed by atoms with van der Waals surface area (Å²) in [6.07, 6.45) is -1.76. The van der Waals surface area contributed by atoms with Crippen molar-refractivity contribution in [3.05, 3.63) is 58.9 Å². The van der Waals surface area contributed by atoms with Crippen molar-refractivity contribution in [1.29, 1.82) is 10.7 Å². The minimum atomic E-state index is -4.87. The van der Waals surface area contributed by atoms with Crippen LogP contribution in [0.4, 0.5) is 28.9 Å². The van der Waals surface area contributed by atoms with Crippen molar-refractivity contribution >= 4 is 35.1 Å². The molecule has 0 bridgehead atoms. The Balaban J connectivity index is 1.75. The number of ether oxygens (including phenoxy) is 1. The number of benzene rings is 2. The van der Waals surface area contributed by atoms with E-state index < -0.39 is 46.4 Å². The lowest BCUT2D eigenvalue weighted by atomic mass is 10.0. The molecule has 1 saturated heterocycles. The first-order valence-corrected chi connectivity index (χ1v) is 12.7. The molecule has 1 aliphatic rings. The number of alkyl halides is 3. The molecular formula is C28H29F4N5O4. The number of carbonyl (C=O) groups is 3. The standard InChI is InChI=1S/C28H29F4N5O4/c1-27(2)25(40)36(18-10-9-17(16-33)21(14-18)28(30,31)32)26(34)37(27)19-11-12-20(22(29)15-19)24(39)35-13-7-5-4-6-8-23(38)41-3/h9-12,14-15,34H,4-8,13H2,1-3H3,(H,35,39). The molecule has 9 nitrogen and oxygen atoms in total. The highest BCUT2D eigenvalue weighted by Crippen LogP contribution is 2.39. The summed E-state index contributed by atoms with van der Waals surface area (Å²) in [5, 5.41) is 20.3.